The molecule has 1 aliphatic heterocycles. The molecule has 0 fully saturated rings. The Morgan fingerprint density at radius 1 is 1.17 bits per heavy atom. The summed E-state index contributed by atoms with van der Waals surface area (Å²) in [6, 6.07) is 9.68. The Balaban J connectivity index is 1.60. The predicted molar refractivity (Wildman–Crippen MR) is 70.9 cm³/mol. The Bertz CT molecular complexity index is 428. The van der Waals surface area contributed by atoms with Crippen molar-refractivity contribution < 1.29 is 9.53 Å². The van der Waals surface area contributed by atoms with Crippen LogP contribution in [-0.2, 0) is 16.1 Å². The van der Waals surface area contributed by atoms with Crippen LogP contribution in [0.1, 0.15) is 24.8 Å². The Labute approximate surface area is 106 Å². The average molecular weight is 244 g/mol. The van der Waals surface area contributed by atoms with Gasteiger partial charge in [-0.1, -0.05) is 30.3 Å². The zero-order valence-electron chi connectivity index (χ0n) is 10.2. The van der Waals surface area contributed by atoms with Crippen LogP contribution < -0.4 is 0 Å². The van der Waals surface area contributed by atoms with Crippen molar-refractivity contribution in [2.45, 2.75) is 32.0 Å². The van der Waals surface area contributed by atoms with Crippen LogP contribution in [0.2, 0.25) is 0 Å². The van der Waals surface area contributed by atoms with E-state index in [9.17, 15) is 4.79 Å². The molecule has 0 radical (unpaired) electrons. The van der Waals surface area contributed by atoms with E-state index in [4.69, 9.17) is 4.74 Å². The average Bonchev–Trinajstić information content (AvgIpc) is 2.91. The Kier molecular flexibility index (Phi) is 4.64. The van der Waals surface area contributed by atoms with Gasteiger partial charge in [-0.05, 0) is 18.4 Å². The summed E-state index contributed by atoms with van der Waals surface area (Å²) in [5.41, 5.74) is 1.01. The standard InChI is InChI=1S/C14H16N2O2/c17-14(8-4-7-13-15-9-10-16-13)18-11-12-5-2-1-3-6-12/h1-3,5-6,9-10,13H,4,7-8,11H2. The molecule has 4 nitrogen and oxygen atoms in total. The first kappa shape index (κ1) is 12.5. The highest BCUT2D eigenvalue weighted by molar-refractivity contribution is 6.17. The first-order chi connectivity index (χ1) is 8.84. The fourth-order valence-electron chi connectivity index (χ4n) is 1.70. The second-order valence-electron chi connectivity index (χ2n) is 4.12. The van der Waals surface area contributed by atoms with Gasteiger partial charge in [0.1, 0.15) is 12.8 Å². The largest absolute Gasteiger partial charge is 0.461 e. The topological polar surface area (TPSA) is 51.0 Å². The van der Waals surface area contributed by atoms with Crippen LogP contribution in [0.3, 0.4) is 0 Å². The number of nitrogens with zero attached hydrogens (tertiary/aromatic N) is 2. The van der Waals surface area contributed by atoms with Gasteiger partial charge in [0.05, 0.1) is 0 Å². The summed E-state index contributed by atoms with van der Waals surface area (Å²) in [4.78, 5) is 19.7. The minimum Gasteiger partial charge on any atom is -0.461 e. The molecule has 0 bridgehead atoms. The minimum atomic E-state index is -0.162. The van der Waals surface area contributed by atoms with E-state index in [-0.39, 0.29) is 12.1 Å². The van der Waals surface area contributed by atoms with Crippen LogP contribution in [0.5, 0.6) is 0 Å². The lowest BCUT2D eigenvalue weighted by Gasteiger charge is -2.06. The third-order valence-corrected chi connectivity index (χ3v) is 2.67. The van der Waals surface area contributed by atoms with Crippen molar-refractivity contribution in [2.24, 2.45) is 9.98 Å². The number of hydrogen-bond donors (Lipinski definition) is 0. The number of rotatable bonds is 6. The SMILES string of the molecule is O=C(CCCC1N=CC=N1)OCc1ccccc1. The molecular weight excluding hydrogens is 228 g/mol. The molecule has 0 spiro atoms. The lowest BCUT2D eigenvalue weighted by Crippen LogP contribution is -2.06. The number of ether oxygens (including phenoxy) is 1. The van der Waals surface area contributed by atoms with Crippen LogP contribution in [-0.4, -0.2) is 24.6 Å². The van der Waals surface area contributed by atoms with Gasteiger partial charge < -0.3 is 4.74 Å². The van der Waals surface area contributed by atoms with Crippen LogP contribution in [0.25, 0.3) is 0 Å². The monoisotopic (exact) mass is 244 g/mol. The van der Waals surface area contributed by atoms with E-state index in [1.54, 1.807) is 12.4 Å². The normalized spacial score (nSPS) is 14.0. The van der Waals surface area contributed by atoms with E-state index in [1.165, 1.54) is 0 Å². The molecule has 1 aliphatic rings. The predicted octanol–water partition coefficient (Wildman–Crippen LogP) is 2.38. The fraction of sp³-hybridized carbons (Fsp3) is 0.357. The summed E-state index contributed by atoms with van der Waals surface area (Å²) in [6.45, 7) is 0.347. The summed E-state index contributed by atoms with van der Waals surface area (Å²) >= 11 is 0. The molecule has 0 aliphatic carbocycles. The molecule has 1 heterocycles. The van der Waals surface area contributed by atoms with Gasteiger partial charge in [0, 0.05) is 18.9 Å². The number of carbonyl (C=O) groups excluding carboxylic acids is 1. The van der Waals surface area contributed by atoms with E-state index >= 15 is 0 Å². The highest BCUT2D eigenvalue weighted by Crippen LogP contribution is 2.09. The molecule has 0 N–H and O–H groups in total. The summed E-state index contributed by atoms with van der Waals surface area (Å²) < 4.78 is 5.18. The summed E-state index contributed by atoms with van der Waals surface area (Å²) in [6.07, 6.45) is 5.37. The molecule has 0 amide bonds. The third kappa shape index (κ3) is 4.13. The van der Waals surface area contributed by atoms with Crippen LogP contribution in [0.15, 0.2) is 40.3 Å². The molecule has 1 aromatic carbocycles. The minimum absolute atomic E-state index is 0.00641. The molecule has 0 saturated carbocycles. The summed E-state index contributed by atoms with van der Waals surface area (Å²) in [5, 5.41) is 0. The van der Waals surface area contributed by atoms with E-state index in [1.807, 2.05) is 30.3 Å². The van der Waals surface area contributed by atoms with E-state index < -0.39 is 0 Å². The Morgan fingerprint density at radius 3 is 2.61 bits per heavy atom. The van der Waals surface area contributed by atoms with Crippen molar-refractivity contribution in [2.75, 3.05) is 0 Å². The third-order valence-electron chi connectivity index (χ3n) is 2.67. The molecule has 94 valence electrons. The van der Waals surface area contributed by atoms with Gasteiger partial charge in [0.2, 0.25) is 0 Å². The lowest BCUT2D eigenvalue weighted by molar-refractivity contribution is -0.145. The van der Waals surface area contributed by atoms with Crippen molar-refractivity contribution >= 4 is 18.4 Å². The zero-order chi connectivity index (χ0) is 12.6. The van der Waals surface area contributed by atoms with Crippen molar-refractivity contribution in [3.05, 3.63) is 35.9 Å². The first-order valence-corrected chi connectivity index (χ1v) is 6.09. The van der Waals surface area contributed by atoms with Gasteiger partial charge in [0.25, 0.3) is 0 Å². The molecule has 0 unspecified atom stereocenters. The highest BCUT2D eigenvalue weighted by atomic mass is 16.5. The van der Waals surface area contributed by atoms with Gasteiger partial charge >= 0.3 is 5.97 Å². The lowest BCUT2D eigenvalue weighted by atomic mass is 10.2. The Morgan fingerprint density at radius 2 is 1.89 bits per heavy atom. The maximum absolute atomic E-state index is 11.5. The first-order valence-electron chi connectivity index (χ1n) is 6.09. The van der Waals surface area contributed by atoms with Gasteiger partial charge in [-0.2, -0.15) is 0 Å². The number of aliphatic imine (C=N–C) groups is 2. The highest BCUT2D eigenvalue weighted by Gasteiger charge is 2.08. The smallest absolute Gasteiger partial charge is 0.306 e. The maximum atomic E-state index is 11.5. The van der Waals surface area contributed by atoms with Crippen molar-refractivity contribution in [1.29, 1.82) is 0 Å². The van der Waals surface area contributed by atoms with E-state index in [2.05, 4.69) is 9.98 Å². The van der Waals surface area contributed by atoms with Gasteiger partial charge in [-0.15, -0.1) is 0 Å². The number of esters is 1. The second kappa shape index (κ2) is 6.69. The maximum Gasteiger partial charge on any atom is 0.306 e. The van der Waals surface area contributed by atoms with Gasteiger partial charge in [-0.3, -0.25) is 14.8 Å². The zero-order valence-corrected chi connectivity index (χ0v) is 10.2. The molecule has 0 saturated heterocycles. The molecule has 0 atom stereocenters. The van der Waals surface area contributed by atoms with Gasteiger partial charge in [-0.25, -0.2) is 0 Å². The fourth-order valence-corrected chi connectivity index (χ4v) is 1.70. The second-order valence-corrected chi connectivity index (χ2v) is 4.12. The molecule has 4 heteroatoms. The number of benzene rings is 1. The van der Waals surface area contributed by atoms with Crippen molar-refractivity contribution in [3.8, 4) is 0 Å². The molecule has 18 heavy (non-hydrogen) atoms. The summed E-state index contributed by atoms with van der Waals surface area (Å²) in [7, 11) is 0. The summed E-state index contributed by atoms with van der Waals surface area (Å²) in [5.74, 6) is -0.162. The van der Waals surface area contributed by atoms with Crippen LogP contribution in [0.4, 0.5) is 0 Å². The van der Waals surface area contributed by atoms with Crippen molar-refractivity contribution in [3.63, 3.8) is 0 Å². The van der Waals surface area contributed by atoms with Gasteiger partial charge in [0.15, 0.2) is 0 Å². The quantitative estimate of drug-likeness (QED) is 0.721. The van der Waals surface area contributed by atoms with Crippen molar-refractivity contribution in [1.82, 2.24) is 0 Å². The van der Waals surface area contributed by atoms with E-state index in [0.717, 1.165) is 18.4 Å². The number of hydrogen-bond acceptors (Lipinski definition) is 4. The Hall–Kier alpha value is -1.97. The molecule has 1 aromatic rings. The van der Waals surface area contributed by atoms with E-state index in [0.29, 0.717) is 13.0 Å². The molecular formula is C14H16N2O2. The molecule has 2 rings (SSSR count). The van der Waals surface area contributed by atoms with Crippen LogP contribution >= 0.6 is 0 Å². The molecule has 0 aromatic heterocycles. The van der Waals surface area contributed by atoms with Crippen LogP contribution in [0, 0.1) is 0 Å². The number of carbonyl (C=O) groups is 1.